The monoisotopic (exact) mass is 269 g/mol. The zero-order valence-electron chi connectivity index (χ0n) is 9.91. The molecule has 0 saturated heterocycles. The lowest BCUT2D eigenvalue weighted by atomic mass is 10.1. The summed E-state index contributed by atoms with van der Waals surface area (Å²) >= 11 is 12.1. The van der Waals surface area contributed by atoms with E-state index in [1.165, 1.54) is 0 Å². The summed E-state index contributed by atoms with van der Waals surface area (Å²) in [7, 11) is 0. The maximum atomic E-state index is 6.09. The molecule has 17 heavy (non-hydrogen) atoms. The Hall–Kier alpha value is -1.06. The van der Waals surface area contributed by atoms with Crippen molar-refractivity contribution in [2.75, 3.05) is 0 Å². The van der Waals surface area contributed by atoms with Crippen molar-refractivity contribution in [2.24, 2.45) is 0 Å². The molecular formula is C12H13Cl2N3. The molecule has 0 unspecified atom stereocenters. The summed E-state index contributed by atoms with van der Waals surface area (Å²) < 4.78 is 1.84. The van der Waals surface area contributed by atoms with E-state index >= 15 is 0 Å². The highest BCUT2D eigenvalue weighted by Gasteiger charge is 2.16. The summed E-state index contributed by atoms with van der Waals surface area (Å²) in [6, 6.07) is 5.68. The fourth-order valence-corrected chi connectivity index (χ4v) is 2.08. The first-order chi connectivity index (χ1) is 8.00. The van der Waals surface area contributed by atoms with Crippen LogP contribution in [-0.2, 0) is 0 Å². The topological polar surface area (TPSA) is 30.7 Å². The molecule has 0 N–H and O–H groups in total. The highest BCUT2D eigenvalue weighted by molar-refractivity contribution is 6.31. The molecule has 90 valence electrons. The average molecular weight is 270 g/mol. The summed E-state index contributed by atoms with van der Waals surface area (Å²) in [6.07, 6.45) is 0. The predicted octanol–water partition coefficient (Wildman–Crippen LogP) is 4.01. The molecule has 0 atom stereocenters. The number of benzene rings is 1. The van der Waals surface area contributed by atoms with Gasteiger partial charge < -0.3 is 0 Å². The second kappa shape index (κ2) is 4.67. The highest BCUT2D eigenvalue weighted by atomic mass is 35.5. The van der Waals surface area contributed by atoms with Crippen LogP contribution in [-0.4, -0.2) is 14.8 Å². The first-order valence-electron chi connectivity index (χ1n) is 5.38. The van der Waals surface area contributed by atoms with Gasteiger partial charge in [0.25, 0.3) is 0 Å². The Morgan fingerprint density at radius 3 is 2.53 bits per heavy atom. The first kappa shape index (κ1) is 12.4. The summed E-state index contributed by atoms with van der Waals surface area (Å²) in [5.41, 5.74) is 2.01. The van der Waals surface area contributed by atoms with Crippen LogP contribution in [0.4, 0.5) is 0 Å². The van der Waals surface area contributed by atoms with Gasteiger partial charge in [0, 0.05) is 10.9 Å². The lowest BCUT2D eigenvalue weighted by molar-refractivity contribution is 0.744. The third-order valence-electron chi connectivity index (χ3n) is 2.58. The Morgan fingerprint density at radius 2 is 1.88 bits per heavy atom. The van der Waals surface area contributed by atoms with Gasteiger partial charge in [0.15, 0.2) is 0 Å². The minimum absolute atomic E-state index is 0.244. The molecule has 2 rings (SSSR count). The lowest BCUT2D eigenvalue weighted by Gasteiger charge is -2.12. The second-order valence-electron chi connectivity index (χ2n) is 4.25. The van der Waals surface area contributed by atoms with E-state index in [9.17, 15) is 0 Å². The number of halogens is 2. The smallest absolute Gasteiger partial charge is 0.229 e. The fraction of sp³-hybridized carbons (Fsp3) is 0.333. The second-order valence-corrected chi connectivity index (χ2v) is 5.02. The van der Waals surface area contributed by atoms with Crippen LogP contribution in [0, 0.1) is 6.92 Å². The van der Waals surface area contributed by atoms with Gasteiger partial charge in [0.1, 0.15) is 5.82 Å². The molecule has 1 aromatic heterocycles. The van der Waals surface area contributed by atoms with E-state index in [4.69, 9.17) is 23.2 Å². The van der Waals surface area contributed by atoms with E-state index in [1.54, 1.807) is 0 Å². The van der Waals surface area contributed by atoms with Gasteiger partial charge in [-0.3, -0.25) is 4.57 Å². The van der Waals surface area contributed by atoms with Gasteiger partial charge in [-0.15, -0.1) is 10.2 Å². The van der Waals surface area contributed by atoms with Crippen molar-refractivity contribution in [1.29, 1.82) is 0 Å². The van der Waals surface area contributed by atoms with Crippen LogP contribution in [0.3, 0.4) is 0 Å². The molecule has 2 aromatic rings. The van der Waals surface area contributed by atoms with Crippen molar-refractivity contribution in [3.63, 3.8) is 0 Å². The molecule has 0 bridgehead atoms. The number of hydrogen-bond acceptors (Lipinski definition) is 2. The Balaban J connectivity index is 2.67. The molecule has 1 heterocycles. The van der Waals surface area contributed by atoms with Crippen LogP contribution >= 0.6 is 23.2 Å². The SMILES string of the molecule is Cc1ccc(Cl)cc1-n1c(Cl)nnc1C(C)C. The molecule has 1 aromatic carbocycles. The van der Waals surface area contributed by atoms with E-state index in [0.29, 0.717) is 10.3 Å². The number of aryl methyl sites for hydroxylation is 1. The van der Waals surface area contributed by atoms with Gasteiger partial charge in [-0.05, 0) is 36.2 Å². The van der Waals surface area contributed by atoms with Crippen molar-refractivity contribution in [1.82, 2.24) is 14.8 Å². The first-order valence-corrected chi connectivity index (χ1v) is 6.13. The largest absolute Gasteiger partial charge is 0.269 e. The standard InChI is InChI=1S/C12H13Cl2N3/c1-7(2)11-15-16-12(14)17(11)10-6-9(13)5-4-8(10)3/h4-7H,1-3H3. The molecule has 0 aliphatic carbocycles. The van der Waals surface area contributed by atoms with E-state index in [-0.39, 0.29) is 5.92 Å². The summed E-state index contributed by atoms with van der Waals surface area (Å²) in [5, 5.41) is 9.05. The molecule has 0 aliphatic heterocycles. The normalized spacial score (nSPS) is 11.2. The van der Waals surface area contributed by atoms with Gasteiger partial charge in [0.2, 0.25) is 5.28 Å². The molecule has 0 amide bonds. The quantitative estimate of drug-likeness (QED) is 0.825. The minimum Gasteiger partial charge on any atom is -0.269 e. The maximum absolute atomic E-state index is 6.09. The molecule has 0 aliphatic rings. The van der Waals surface area contributed by atoms with Crippen molar-refractivity contribution < 1.29 is 0 Å². The maximum Gasteiger partial charge on any atom is 0.229 e. The van der Waals surface area contributed by atoms with Crippen molar-refractivity contribution >= 4 is 23.2 Å². The molecule has 0 radical (unpaired) electrons. The summed E-state index contributed by atoms with van der Waals surface area (Å²) in [5.74, 6) is 1.08. The van der Waals surface area contributed by atoms with Gasteiger partial charge in [0.05, 0.1) is 5.69 Å². The van der Waals surface area contributed by atoms with Crippen LogP contribution in [0.5, 0.6) is 0 Å². The van der Waals surface area contributed by atoms with Crippen molar-refractivity contribution in [2.45, 2.75) is 26.7 Å². The number of nitrogens with zero attached hydrogens (tertiary/aromatic N) is 3. The third kappa shape index (κ3) is 2.31. The lowest BCUT2D eigenvalue weighted by Crippen LogP contribution is -2.05. The number of aromatic nitrogens is 3. The number of rotatable bonds is 2. The molecule has 5 heteroatoms. The average Bonchev–Trinajstić information content (AvgIpc) is 2.64. The zero-order chi connectivity index (χ0) is 12.6. The number of hydrogen-bond donors (Lipinski definition) is 0. The van der Waals surface area contributed by atoms with Crippen LogP contribution < -0.4 is 0 Å². The molecular weight excluding hydrogens is 257 g/mol. The molecule has 0 fully saturated rings. The van der Waals surface area contributed by atoms with Gasteiger partial charge >= 0.3 is 0 Å². The zero-order valence-corrected chi connectivity index (χ0v) is 11.4. The fourth-order valence-electron chi connectivity index (χ4n) is 1.70. The predicted molar refractivity (Wildman–Crippen MR) is 70.2 cm³/mol. The molecule has 0 spiro atoms. The van der Waals surface area contributed by atoms with Crippen molar-refractivity contribution in [3.05, 3.63) is 39.9 Å². The summed E-state index contributed by atoms with van der Waals surface area (Å²) in [4.78, 5) is 0. The summed E-state index contributed by atoms with van der Waals surface area (Å²) in [6.45, 7) is 6.11. The van der Waals surface area contributed by atoms with Gasteiger partial charge in [-0.1, -0.05) is 31.5 Å². The molecule has 3 nitrogen and oxygen atoms in total. The highest BCUT2D eigenvalue weighted by Crippen LogP contribution is 2.26. The van der Waals surface area contributed by atoms with E-state index in [1.807, 2.05) is 29.7 Å². The van der Waals surface area contributed by atoms with Gasteiger partial charge in [-0.2, -0.15) is 0 Å². The Bertz CT molecular complexity index is 547. The Kier molecular flexibility index (Phi) is 3.40. The van der Waals surface area contributed by atoms with E-state index < -0.39 is 0 Å². The van der Waals surface area contributed by atoms with Crippen LogP contribution in [0.25, 0.3) is 5.69 Å². The molecule has 0 saturated carbocycles. The minimum atomic E-state index is 0.244. The van der Waals surface area contributed by atoms with Gasteiger partial charge in [-0.25, -0.2) is 0 Å². The third-order valence-corrected chi connectivity index (χ3v) is 3.06. The Morgan fingerprint density at radius 1 is 1.18 bits per heavy atom. The van der Waals surface area contributed by atoms with Crippen LogP contribution in [0.2, 0.25) is 10.3 Å². The van der Waals surface area contributed by atoms with Crippen molar-refractivity contribution in [3.8, 4) is 5.69 Å². The Labute approximate surface area is 110 Å². The van der Waals surface area contributed by atoms with Crippen LogP contribution in [0.1, 0.15) is 31.2 Å². The van der Waals surface area contributed by atoms with E-state index in [0.717, 1.165) is 17.1 Å². The van der Waals surface area contributed by atoms with E-state index in [2.05, 4.69) is 24.0 Å². The van der Waals surface area contributed by atoms with Crippen LogP contribution in [0.15, 0.2) is 18.2 Å².